The van der Waals surface area contributed by atoms with Crippen LogP contribution in [0.5, 0.6) is 0 Å². The predicted octanol–water partition coefficient (Wildman–Crippen LogP) is 2.75. The summed E-state index contributed by atoms with van der Waals surface area (Å²) in [5.41, 5.74) is 1.85. The molecule has 20 heavy (non-hydrogen) atoms. The number of halogens is 1. The molecule has 0 N–H and O–H groups in total. The summed E-state index contributed by atoms with van der Waals surface area (Å²) in [7, 11) is 1.85. The van der Waals surface area contributed by atoms with Crippen molar-refractivity contribution < 1.29 is 4.79 Å². The summed E-state index contributed by atoms with van der Waals surface area (Å²) < 4.78 is 1.71. The molecule has 104 valence electrons. The van der Waals surface area contributed by atoms with Crippen molar-refractivity contribution in [1.82, 2.24) is 9.78 Å². The van der Waals surface area contributed by atoms with Gasteiger partial charge in [-0.2, -0.15) is 5.10 Å². The van der Waals surface area contributed by atoms with Gasteiger partial charge in [-0.1, -0.05) is 11.6 Å². The van der Waals surface area contributed by atoms with Gasteiger partial charge in [-0.05, 0) is 23.8 Å². The number of hydrogen-bond acceptors (Lipinski definition) is 3. The lowest BCUT2D eigenvalue weighted by atomic mass is 10.2. The van der Waals surface area contributed by atoms with Crippen LogP contribution < -0.4 is 4.90 Å². The number of carbonyl (C=O) groups excluding carboxylic acids is 1. The lowest BCUT2D eigenvalue weighted by Gasteiger charge is -2.29. The molecular formula is C14H14ClN3OS. The van der Waals surface area contributed by atoms with Gasteiger partial charge < -0.3 is 4.90 Å². The molecule has 0 saturated heterocycles. The van der Waals surface area contributed by atoms with E-state index < -0.39 is 0 Å². The molecule has 0 fully saturated rings. The molecule has 6 heteroatoms. The Bertz CT molecular complexity index is 656. The van der Waals surface area contributed by atoms with Crippen molar-refractivity contribution in [2.24, 2.45) is 7.05 Å². The van der Waals surface area contributed by atoms with E-state index >= 15 is 0 Å². The van der Waals surface area contributed by atoms with Crippen molar-refractivity contribution in [3.8, 4) is 0 Å². The summed E-state index contributed by atoms with van der Waals surface area (Å²) in [5, 5.41) is 4.75. The van der Waals surface area contributed by atoms with Crippen molar-refractivity contribution in [3.05, 3.63) is 41.2 Å². The molecular weight excluding hydrogens is 294 g/mol. The van der Waals surface area contributed by atoms with Crippen LogP contribution in [0.15, 0.2) is 35.5 Å². The van der Waals surface area contributed by atoms with E-state index in [9.17, 15) is 4.79 Å². The Morgan fingerprint density at radius 1 is 1.50 bits per heavy atom. The van der Waals surface area contributed by atoms with Gasteiger partial charge in [-0.15, -0.1) is 11.8 Å². The molecule has 0 saturated carbocycles. The zero-order valence-electron chi connectivity index (χ0n) is 11.0. The SMILES string of the molecule is Cn1cc(CC(=O)N2CCSc3ccc(Cl)cc32)cn1. The molecule has 4 nitrogen and oxygen atoms in total. The Morgan fingerprint density at radius 2 is 2.35 bits per heavy atom. The molecule has 1 aromatic carbocycles. The molecule has 1 aliphatic heterocycles. The van der Waals surface area contributed by atoms with Crippen molar-refractivity contribution in [1.29, 1.82) is 0 Å². The third-order valence-corrected chi connectivity index (χ3v) is 4.48. The zero-order valence-corrected chi connectivity index (χ0v) is 12.6. The Balaban J connectivity index is 1.84. The van der Waals surface area contributed by atoms with E-state index in [0.29, 0.717) is 11.4 Å². The first-order valence-electron chi connectivity index (χ1n) is 6.34. The second kappa shape index (κ2) is 5.50. The number of carbonyl (C=O) groups is 1. The summed E-state index contributed by atoms with van der Waals surface area (Å²) in [5.74, 6) is 0.995. The number of benzene rings is 1. The number of nitrogens with zero attached hydrogens (tertiary/aromatic N) is 3. The Hall–Kier alpha value is -1.46. The van der Waals surface area contributed by atoms with Gasteiger partial charge >= 0.3 is 0 Å². The fourth-order valence-electron chi connectivity index (χ4n) is 2.28. The van der Waals surface area contributed by atoms with Crippen LogP contribution >= 0.6 is 23.4 Å². The number of hydrogen-bond donors (Lipinski definition) is 0. The number of thioether (sulfide) groups is 1. The molecule has 1 aliphatic rings. The number of aromatic nitrogens is 2. The normalized spacial score (nSPS) is 14.2. The minimum atomic E-state index is 0.0850. The lowest BCUT2D eigenvalue weighted by Crippen LogP contribution is -2.36. The molecule has 2 heterocycles. The Labute approximate surface area is 126 Å². The highest BCUT2D eigenvalue weighted by atomic mass is 35.5. The van der Waals surface area contributed by atoms with Crippen molar-refractivity contribution in [3.63, 3.8) is 0 Å². The van der Waals surface area contributed by atoms with Gasteiger partial charge in [0, 0.05) is 35.5 Å². The minimum Gasteiger partial charge on any atom is -0.310 e. The fraction of sp³-hybridized carbons (Fsp3) is 0.286. The van der Waals surface area contributed by atoms with Crippen LogP contribution in [0.25, 0.3) is 0 Å². The fourth-order valence-corrected chi connectivity index (χ4v) is 3.42. The maximum atomic E-state index is 12.5. The maximum absolute atomic E-state index is 12.5. The van der Waals surface area contributed by atoms with Crippen LogP contribution in [-0.2, 0) is 18.3 Å². The van der Waals surface area contributed by atoms with Gasteiger partial charge in [0.25, 0.3) is 0 Å². The third-order valence-electron chi connectivity index (χ3n) is 3.20. The first kappa shape index (κ1) is 13.5. The average Bonchev–Trinajstić information content (AvgIpc) is 2.83. The number of amides is 1. The van der Waals surface area contributed by atoms with Crippen molar-refractivity contribution in [2.75, 3.05) is 17.2 Å². The number of rotatable bonds is 2. The van der Waals surface area contributed by atoms with Crippen LogP contribution in [0.3, 0.4) is 0 Å². The average molecular weight is 308 g/mol. The number of fused-ring (bicyclic) bond motifs is 1. The van der Waals surface area contributed by atoms with E-state index in [-0.39, 0.29) is 5.91 Å². The van der Waals surface area contributed by atoms with Gasteiger partial charge in [-0.3, -0.25) is 9.48 Å². The van der Waals surface area contributed by atoms with E-state index in [4.69, 9.17) is 11.6 Å². The van der Waals surface area contributed by atoms with E-state index in [1.807, 2.05) is 36.3 Å². The Kier molecular flexibility index (Phi) is 3.72. The summed E-state index contributed by atoms with van der Waals surface area (Å²) in [4.78, 5) is 15.4. The molecule has 0 unspecified atom stereocenters. The maximum Gasteiger partial charge on any atom is 0.231 e. The zero-order chi connectivity index (χ0) is 14.1. The number of aryl methyl sites for hydroxylation is 1. The molecule has 0 aliphatic carbocycles. The molecule has 1 amide bonds. The smallest absolute Gasteiger partial charge is 0.231 e. The Morgan fingerprint density at radius 3 is 3.10 bits per heavy atom. The van der Waals surface area contributed by atoms with Gasteiger partial charge in [0.15, 0.2) is 0 Å². The van der Waals surface area contributed by atoms with E-state index in [1.54, 1.807) is 22.6 Å². The standard InChI is InChI=1S/C14H14ClN3OS/c1-17-9-10(8-16-17)6-14(19)18-4-5-20-13-3-2-11(15)7-12(13)18/h2-3,7-9H,4-6H2,1H3. The highest BCUT2D eigenvalue weighted by Crippen LogP contribution is 2.36. The largest absolute Gasteiger partial charge is 0.310 e. The predicted molar refractivity (Wildman–Crippen MR) is 81.4 cm³/mol. The summed E-state index contributed by atoms with van der Waals surface area (Å²) in [6, 6.07) is 5.71. The lowest BCUT2D eigenvalue weighted by molar-refractivity contribution is -0.118. The number of anilines is 1. The molecule has 0 bridgehead atoms. The van der Waals surface area contributed by atoms with Gasteiger partial charge in [0.1, 0.15) is 0 Å². The minimum absolute atomic E-state index is 0.0850. The van der Waals surface area contributed by atoms with Gasteiger partial charge in [0.2, 0.25) is 5.91 Å². The second-order valence-corrected chi connectivity index (χ2v) is 6.28. The van der Waals surface area contributed by atoms with Crippen LogP contribution in [-0.4, -0.2) is 28.0 Å². The summed E-state index contributed by atoms with van der Waals surface area (Å²) >= 11 is 7.81. The van der Waals surface area contributed by atoms with Gasteiger partial charge in [0.05, 0.1) is 18.3 Å². The first-order chi connectivity index (χ1) is 9.63. The monoisotopic (exact) mass is 307 g/mol. The molecule has 0 atom stereocenters. The summed E-state index contributed by atoms with van der Waals surface area (Å²) in [6.07, 6.45) is 3.97. The molecule has 0 radical (unpaired) electrons. The highest BCUT2D eigenvalue weighted by molar-refractivity contribution is 7.99. The molecule has 2 aromatic rings. The quantitative estimate of drug-likeness (QED) is 0.856. The van der Waals surface area contributed by atoms with Crippen LogP contribution in [0.4, 0.5) is 5.69 Å². The van der Waals surface area contributed by atoms with Gasteiger partial charge in [-0.25, -0.2) is 0 Å². The molecule has 0 spiro atoms. The van der Waals surface area contributed by atoms with E-state index in [2.05, 4.69) is 5.10 Å². The van der Waals surface area contributed by atoms with Crippen LogP contribution in [0.1, 0.15) is 5.56 Å². The first-order valence-corrected chi connectivity index (χ1v) is 7.70. The second-order valence-electron chi connectivity index (χ2n) is 4.70. The van der Waals surface area contributed by atoms with E-state index in [0.717, 1.165) is 28.4 Å². The van der Waals surface area contributed by atoms with E-state index in [1.165, 1.54) is 0 Å². The topological polar surface area (TPSA) is 38.1 Å². The molecule has 3 rings (SSSR count). The molecule has 1 aromatic heterocycles. The summed E-state index contributed by atoms with van der Waals surface area (Å²) in [6.45, 7) is 0.719. The van der Waals surface area contributed by atoms with Crippen LogP contribution in [0, 0.1) is 0 Å². The van der Waals surface area contributed by atoms with Crippen molar-refractivity contribution in [2.45, 2.75) is 11.3 Å². The van der Waals surface area contributed by atoms with Crippen molar-refractivity contribution >= 4 is 35.0 Å². The highest BCUT2D eigenvalue weighted by Gasteiger charge is 2.23. The van der Waals surface area contributed by atoms with Crippen LogP contribution in [0.2, 0.25) is 5.02 Å². The third kappa shape index (κ3) is 2.69.